The van der Waals surface area contributed by atoms with Gasteiger partial charge in [-0.05, 0) is 47.9 Å². The van der Waals surface area contributed by atoms with Crippen LogP contribution in [-0.2, 0) is 25.4 Å². The molecule has 1 fully saturated rings. The van der Waals surface area contributed by atoms with Crippen LogP contribution in [0.15, 0.2) is 42.5 Å². The minimum atomic E-state index is -1.57. The second-order valence-electron chi connectivity index (χ2n) is 8.03. The average Bonchev–Trinajstić information content (AvgIpc) is 3.32. The zero-order valence-electron chi connectivity index (χ0n) is 18.5. The quantitative estimate of drug-likeness (QED) is 0.198. The Bertz CT molecular complexity index is 1070. The highest BCUT2D eigenvalue weighted by molar-refractivity contribution is 5.87. The maximum Gasteiger partial charge on any atom is 0.330 e. The number of esters is 1. The molecular formula is C24H26O11. The molecule has 188 valence electrons. The molecule has 5 atom stereocenters. The van der Waals surface area contributed by atoms with E-state index in [4.69, 9.17) is 23.7 Å². The Kier molecular flexibility index (Phi) is 7.73. The molecule has 0 bridgehead atoms. The van der Waals surface area contributed by atoms with E-state index < -0.39 is 43.3 Å². The van der Waals surface area contributed by atoms with Crippen molar-refractivity contribution in [1.29, 1.82) is 0 Å². The van der Waals surface area contributed by atoms with Crippen molar-refractivity contribution in [2.75, 3.05) is 20.0 Å². The van der Waals surface area contributed by atoms with Gasteiger partial charge in [0.05, 0.1) is 6.61 Å². The Labute approximate surface area is 200 Å². The number of hydrogen-bond acceptors (Lipinski definition) is 11. The van der Waals surface area contributed by atoms with Gasteiger partial charge in [-0.25, -0.2) is 4.79 Å². The summed E-state index contributed by atoms with van der Waals surface area (Å²) in [6.45, 7) is -0.102. The van der Waals surface area contributed by atoms with Crippen molar-refractivity contribution in [2.24, 2.45) is 0 Å². The molecule has 2 aliphatic heterocycles. The predicted molar refractivity (Wildman–Crippen MR) is 119 cm³/mol. The van der Waals surface area contributed by atoms with Gasteiger partial charge in [0.25, 0.3) is 0 Å². The van der Waals surface area contributed by atoms with E-state index in [9.17, 15) is 30.3 Å². The summed E-state index contributed by atoms with van der Waals surface area (Å²) in [5.74, 6) is -0.105. The molecule has 35 heavy (non-hydrogen) atoms. The maximum absolute atomic E-state index is 12.0. The molecule has 0 aliphatic carbocycles. The third-order valence-electron chi connectivity index (χ3n) is 5.58. The maximum atomic E-state index is 12.0. The Hall–Kier alpha value is -3.35. The molecule has 11 nitrogen and oxygen atoms in total. The van der Waals surface area contributed by atoms with Gasteiger partial charge >= 0.3 is 5.97 Å². The molecule has 2 aromatic rings. The van der Waals surface area contributed by atoms with E-state index in [1.165, 1.54) is 24.3 Å². The topological polar surface area (TPSA) is 164 Å². The SMILES string of the molecule is O=C(C=Cc1ccc(O)c(O)c1)OCC1OC(OCCc2ccc3c(c2)OCO3)C(O)C(O)C1O. The number of aliphatic hydroxyl groups excluding tert-OH is 3. The number of hydrogen-bond donors (Lipinski definition) is 5. The molecule has 5 unspecified atom stereocenters. The monoisotopic (exact) mass is 490 g/mol. The van der Waals surface area contributed by atoms with Gasteiger partial charge in [0, 0.05) is 6.08 Å². The lowest BCUT2D eigenvalue weighted by Crippen LogP contribution is -2.59. The summed E-state index contributed by atoms with van der Waals surface area (Å²) in [4.78, 5) is 12.0. The molecule has 5 N–H and O–H groups in total. The molecule has 0 amide bonds. The van der Waals surface area contributed by atoms with Crippen LogP contribution in [0.3, 0.4) is 0 Å². The minimum absolute atomic E-state index is 0.138. The Morgan fingerprint density at radius 3 is 2.57 bits per heavy atom. The fraction of sp³-hybridized carbons (Fsp3) is 0.375. The predicted octanol–water partition coefficient (Wildman–Crippen LogP) is 0.450. The zero-order chi connectivity index (χ0) is 24.9. The molecule has 4 rings (SSSR count). The summed E-state index contributed by atoms with van der Waals surface area (Å²) in [5.41, 5.74) is 1.35. The van der Waals surface area contributed by atoms with Crippen molar-refractivity contribution in [1.82, 2.24) is 0 Å². The third kappa shape index (κ3) is 6.02. The number of aliphatic hydroxyl groups is 3. The number of ether oxygens (including phenoxy) is 5. The Morgan fingerprint density at radius 1 is 0.971 bits per heavy atom. The molecule has 2 aromatic carbocycles. The van der Waals surface area contributed by atoms with Gasteiger partial charge in [-0.2, -0.15) is 0 Å². The fourth-order valence-corrected chi connectivity index (χ4v) is 3.60. The number of phenolic OH excluding ortho intramolecular Hbond substituents is 2. The van der Waals surface area contributed by atoms with Crippen LogP contribution in [0.2, 0.25) is 0 Å². The van der Waals surface area contributed by atoms with E-state index in [-0.39, 0.29) is 24.9 Å². The van der Waals surface area contributed by atoms with Crippen molar-refractivity contribution >= 4 is 12.0 Å². The molecule has 2 aliphatic rings. The van der Waals surface area contributed by atoms with Crippen LogP contribution in [-0.4, -0.2) is 82.2 Å². The van der Waals surface area contributed by atoms with E-state index in [2.05, 4.69) is 0 Å². The van der Waals surface area contributed by atoms with Gasteiger partial charge in [-0.1, -0.05) is 12.1 Å². The lowest BCUT2D eigenvalue weighted by molar-refractivity contribution is -0.301. The summed E-state index contributed by atoms with van der Waals surface area (Å²) in [6.07, 6.45) is -4.06. The highest BCUT2D eigenvalue weighted by Gasteiger charge is 2.44. The smallest absolute Gasteiger partial charge is 0.330 e. The van der Waals surface area contributed by atoms with E-state index in [1.54, 1.807) is 6.07 Å². The lowest BCUT2D eigenvalue weighted by Gasteiger charge is -2.39. The summed E-state index contributed by atoms with van der Waals surface area (Å²) >= 11 is 0. The van der Waals surface area contributed by atoms with E-state index in [0.717, 1.165) is 11.6 Å². The van der Waals surface area contributed by atoms with Crippen LogP contribution in [0.1, 0.15) is 11.1 Å². The Balaban J connectivity index is 1.27. The Morgan fingerprint density at radius 2 is 1.77 bits per heavy atom. The average molecular weight is 490 g/mol. The molecule has 0 spiro atoms. The van der Waals surface area contributed by atoms with Crippen molar-refractivity contribution in [3.05, 3.63) is 53.6 Å². The van der Waals surface area contributed by atoms with Gasteiger partial charge in [0.15, 0.2) is 29.3 Å². The number of benzene rings is 2. The van der Waals surface area contributed by atoms with Crippen LogP contribution < -0.4 is 9.47 Å². The van der Waals surface area contributed by atoms with Crippen LogP contribution in [0.4, 0.5) is 0 Å². The fourth-order valence-electron chi connectivity index (χ4n) is 3.60. The van der Waals surface area contributed by atoms with E-state index in [1.807, 2.05) is 12.1 Å². The number of rotatable bonds is 8. The summed E-state index contributed by atoms with van der Waals surface area (Å²) in [5, 5.41) is 49.4. The van der Waals surface area contributed by atoms with Gasteiger partial charge in [-0.3, -0.25) is 0 Å². The van der Waals surface area contributed by atoms with Gasteiger partial charge in [-0.15, -0.1) is 0 Å². The minimum Gasteiger partial charge on any atom is -0.504 e. The molecular weight excluding hydrogens is 464 g/mol. The number of fused-ring (bicyclic) bond motifs is 1. The molecule has 1 saturated heterocycles. The first-order chi connectivity index (χ1) is 16.8. The first kappa shape index (κ1) is 24.8. The van der Waals surface area contributed by atoms with Crippen LogP contribution in [0, 0.1) is 0 Å². The van der Waals surface area contributed by atoms with Crippen LogP contribution in [0.5, 0.6) is 23.0 Å². The number of aromatic hydroxyl groups is 2. The summed E-state index contributed by atoms with van der Waals surface area (Å²) < 4.78 is 26.8. The molecule has 11 heteroatoms. The molecule has 0 aromatic heterocycles. The van der Waals surface area contributed by atoms with Gasteiger partial charge in [0.2, 0.25) is 6.79 Å². The normalized spacial score (nSPS) is 25.6. The molecule has 0 radical (unpaired) electrons. The van der Waals surface area contributed by atoms with Crippen molar-refractivity contribution in [2.45, 2.75) is 37.1 Å². The van der Waals surface area contributed by atoms with Crippen molar-refractivity contribution in [3.63, 3.8) is 0 Å². The van der Waals surface area contributed by atoms with Gasteiger partial charge < -0.3 is 49.2 Å². The number of phenols is 2. The first-order valence-electron chi connectivity index (χ1n) is 10.9. The second kappa shape index (κ2) is 10.9. The first-order valence-corrected chi connectivity index (χ1v) is 10.9. The summed E-state index contributed by atoms with van der Waals surface area (Å²) in [6, 6.07) is 9.46. The van der Waals surface area contributed by atoms with Crippen LogP contribution in [0.25, 0.3) is 6.08 Å². The molecule has 0 saturated carbocycles. The largest absolute Gasteiger partial charge is 0.504 e. The van der Waals surface area contributed by atoms with Crippen molar-refractivity contribution < 1.29 is 54.0 Å². The van der Waals surface area contributed by atoms with Crippen LogP contribution >= 0.6 is 0 Å². The molecule has 2 heterocycles. The highest BCUT2D eigenvalue weighted by atomic mass is 16.7. The number of carbonyl (C=O) groups excluding carboxylic acids is 1. The highest BCUT2D eigenvalue weighted by Crippen LogP contribution is 2.32. The summed E-state index contributed by atoms with van der Waals surface area (Å²) in [7, 11) is 0. The zero-order valence-corrected chi connectivity index (χ0v) is 18.5. The van der Waals surface area contributed by atoms with Crippen molar-refractivity contribution in [3.8, 4) is 23.0 Å². The third-order valence-corrected chi connectivity index (χ3v) is 5.58. The van der Waals surface area contributed by atoms with Gasteiger partial charge in [0.1, 0.15) is 31.0 Å². The number of carbonyl (C=O) groups is 1. The lowest BCUT2D eigenvalue weighted by atomic mass is 9.99. The second-order valence-corrected chi connectivity index (χ2v) is 8.03. The standard InChI is InChI=1S/C24H26O11/c25-15-4-1-13(9-16(15)26)3-6-20(27)32-11-19-21(28)22(29)23(30)24(35-19)31-8-7-14-2-5-17-18(10-14)34-12-33-17/h1-6,9-10,19,21-26,28-30H,7-8,11-12H2. The van der Waals surface area contributed by atoms with E-state index >= 15 is 0 Å². The van der Waals surface area contributed by atoms with E-state index in [0.29, 0.717) is 23.5 Å².